The summed E-state index contributed by atoms with van der Waals surface area (Å²) in [4.78, 5) is 0. The fourth-order valence-corrected chi connectivity index (χ4v) is 9.59. The Balaban J connectivity index is 1.43. The average molecular weight is 449 g/mol. The molecule has 186 valence electrons. The Hall–Kier alpha value is -0.120. The normalized spacial score (nSPS) is 48.9. The Morgan fingerprint density at radius 3 is 2.38 bits per heavy atom. The number of methoxy groups -OCH3 is 1. The van der Waals surface area contributed by atoms with Crippen LogP contribution in [0.15, 0.2) is 0 Å². The lowest BCUT2D eigenvalue weighted by molar-refractivity contribution is -0.148. The van der Waals surface area contributed by atoms with Crippen LogP contribution < -0.4 is 0 Å². The molecule has 1 unspecified atom stereocenters. The molecule has 3 heteroatoms. The van der Waals surface area contributed by atoms with Crippen molar-refractivity contribution in [2.24, 2.45) is 46.3 Å². The Morgan fingerprint density at radius 2 is 1.66 bits per heavy atom. The zero-order chi connectivity index (χ0) is 23.4. The van der Waals surface area contributed by atoms with Gasteiger partial charge in [-0.15, -0.1) is 0 Å². The summed E-state index contributed by atoms with van der Waals surface area (Å²) in [6.07, 6.45) is 14.3. The van der Waals surface area contributed by atoms with E-state index in [2.05, 4.69) is 27.7 Å². The van der Waals surface area contributed by atoms with Crippen LogP contribution in [0.3, 0.4) is 0 Å². The summed E-state index contributed by atoms with van der Waals surface area (Å²) in [6.45, 7) is 12.4. The Labute approximate surface area is 198 Å². The smallest absolute Gasteiger partial charge is 0.0641 e. The van der Waals surface area contributed by atoms with Crippen LogP contribution in [0.2, 0.25) is 0 Å². The summed E-state index contributed by atoms with van der Waals surface area (Å²) < 4.78 is 5.20. The molecule has 2 N–H and O–H groups in total. The molecule has 0 aromatic heterocycles. The first-order valence-electron chi connectivity index (χ1n) is 13.9. The largest absolute Gasteiger partial charge is 0.390 e. The molecule has 10 atom stereocenters. The molecular formula is C29H52O3. The second-order valence-corrected chi connectivity index (χ2v) is 13.8. The molecule has 4 aliphatic rings. The molecule has 0 aromatic carbocycles. The fourth-order valence-electron chi connectivity index (χ4n) is 9.59. The van der Waals surface area contributed by atoms with Gasteiger partial charge in [-0.05, 0) is 137 Å². The quantitative estimate of drug-likeness (QED) is 0.461. The van der Waals surface area contributed by atoms with Crippen LogP contribution in [0.25, 0.3) is 0 Å². The maximum atomic E-state index is 10.8. The van der Waals surface area contributed by atoms with Gasteiger partial charge in [0.1, 0.15) is 0 Å². The molecule has 4 aliphatic carbocycles. The van der Waals surface area contributed by atoms with Gasteiger partial charge in [0, 0.05) is 13.7 Å². The highest BCUT2D eigenvalue weighted by Crippen LogP contribution is 2.68. The van der Waals surface area contributed by atoms with E-state index in [0.29, 0.717) is 23.4 Å². The van der Waals surface area contributed by atoms with Crippen LogP contribution in [0.4, 0.5) is 0 Å². The van der Waals surface area contributed by atoms with Gasteiger partial charge in [-0.1, -0.05) is 20.8 Å². The number of rotatable bonds is 7. The lowest BCUT2D eigenvalue weighted by Gasteiger charge is -2.62. The molecule has 4 saturated carbocycles. The summed E-state index contributed by atoms with van der Waals surface area (Å²) in [5, 5.41) is 21.5. The van der Waals surface area contributed by atoms with E-state index in [-0.39, 0.29) is 0 Å². The van der Waals surface area contributed by atoms with Gasteiger partial charge in [-0.2, -0.15) is 0 Å². The van der Waals surface area contributed by atoms with Crippen molar-refractivity contribution in [3.8, 4) is 0 Å². The number of hydrogen-bond donors (Lipinski definition) is 2. The van der Waals surface area contributed by atoms with Gasteiger partial charge in [0.05, 0.1) is 11.2 Å². The molecule has 3 nitrogen and oxygen atoms in total. The molecule has 4 rings (SSSR count). The summed E-state index contributed by atoms with van der Waals surface area (Å²) in [6, 6.07) is 0. The summed E-state index contributed by atoms with van der Waals surface area (Å²) in [7, 11) is 1.72. The van der Waals surface area contributed by atoms with Crippen LogP contribution in [0, 0.1) is 46.3 Å². The minimum atomic E-state index is -0.601. The third-order valence-corrected chi connectivity index (χ3v) is 11.7. The van der Waals surface area contributed by atoms with Gasteiger partial charge >= 0.3 is 0 Å². The second kappa shape index (κ2) is 8.83. The van der Waals surface area contributed by atoms with E-state index in [9.17, 15) is 10.2 Å². The molecular weight excluding hydrogens is 396 g/mol. The van der Waals surface area contributed by atoms with Crippen molar-refractivity contribution in [3.05, 3.63) is 0 Å². The molecule has 0 amide bonds. The third-order valence-electron chi connectivity index (χ3n) is 11.7. The second-order valence-electron chi connectivity index (χ2n) is 13.8. The van der Waals surface area contributed by atoms with Gasteiger partial charge in [-0.25, -0.2) is 0 Å². The van der Waals surface area contributed by atoms with Gasteiger partial charge in [0.25, 0.3) is 0 Å². The lowest BCUT2D eigenvalue weighted by Crippen LogP contribution is -2.55. The molecule has 0 aromatic rings. The minimum absolute atomic E-state index is 0.432. The SMILES string of the molecule is COCC[C@@](C)(O)CC[C@@H](C)C1CC[C@H]2[C@@H]3CC[C@H]4C[C@@](C)(O)CC[C@]4(C)[C@H]3CC[C@]12C. The predicted octanol–water partition coefficient (Wildman–Crippen LogP) is 6.60. The van der Waals surface area contributed by atoms with Crippen LogP contribution in [0.5, 0.6) is 0 Å². The van der Waals surface area contributed by atoms with E-state index in [0.717, 1.165) is 61.7 Å². The van der Waals surface area contributed by atoms with Crippen molar-refractivity contribution in [3.63, 3.8) is 0 Å². The first-order valence-corrected chi connectivity index (χ1v) is 13.9. The van der Waals surface area contributed by atoms with Gasteiger partial charge in [0.15, 0.2) is 0 Å². The van der Waals surface area contributed by atoms with Gasteiger partial charge in [-0.3, -0.25) is 0 Å². The standard InChI is InChI=1S/C29H52O3/c1-20(11-13-26(2,30)17-18-32-6)23-9-10-24-22-8-7-21-19-27(3,31)15-16-28(21,4)25(22)12-14-29(23,24)5/h20-25,30-31H,7-19H2,1-6H3/t20-,21+,22+,23?,24+,25+,26+,27+,28+,29-/m1/s1. The number of ether oxygens (including phenoxy) is 1. The predicted molar refractivity (Wildman–Crippen MR) is 131 cm³/mol. The Kier molecular flexibility index (Phi) is 6.89. The average Bonchev–Trinajstić information content (AvgIpc) is 3.08. The summed E-state index contributed by atoms with van der Waals surface area (Å²) in [5.74, 6) is 4.89. The van der Waals surface area contributed by atoms with Crippen LogP contribution in [0.1, 0.15) is 112 Å². The molecule has 0 aliphatic heterocycles. The molecule has 32 heavy (non-hydrogen) atoms. The topological polar surface area (TPSA) is 49.7 Å². The van der Waals surface area contributed by atoms with Crippen molar-refractivity contribution in [2.45, 2.75) is 123 Å². The van der Waals surface area contributed by atoms with Crippen molar-refractivity contribution in [1.29, 1.82) is 0 Å². The van der Waals surface area contributed by atoms with E-state index in [1.165, 1.54) is 44.9 Å². The van der Waals surface area contributed by atoms with Crippen LogP contribution in [-0.2, 0) is 4.74 Å². The Bertz CT molecular complexity index is 657. The van der Waals surface area contributed by atoms with Crippen molar-refractivity contribution in [1.82, 2.24) is 0 Å². The van der Waals surface area contributed by atoms with E-state index < -0.39 is 11.2 Å². The molecule has 0 radical (unpaired) electrons. The highest BCUT2D eigenvalue weighted by atomic mass is 16.5. The Morgan fingerprint density at radius 1 is 0.938 bits per heavy atom. The maximum Gasteiger partial charge on any atom is 0.0641 e. The zero-order valence-corrected chi connectivity index (χ0v) is 22.0. The minimum Gasteiger partial charge on any atom is -0.390 e. The first-order chi connectivity index (χ1) is 14.9. The lowest BCUT2D eigenvalue weighted by atomic mass is 9.43. The van der Waals surface area contributed by atoms with E-state index in [1.54, 1.807) is 7.11 Å². The fraction of sp³-hybridized carbons (Fsp3) is 1.00. The van der Waals surface area contributed by atoms with E-state index in [1.807, 2.05) is 6.92 Å². The van der Waals surface area contributed by atoms with Crippen LogP contribution in [-0.4, -0.2) is 35.1 Å². The first kappa shape index (κ1) is 25.0. The monoisotopic (exact) mass is 448 g/mol. The summed E-state index contributed by atoms with van der Waals surface area (Å²) in [5.41, 5.74) is -0.0902. The van der Waals surface area contributed by atoms with Crippen molar-refractivity contribution < 1.29 is 14.9 Å². The number of hydrogen-bond acceptors (Lipinski definition) is 3. The zero-order valence-electron chi connectivity index (χ0n) is 22.0. The maximum absolute atomic E-state index is 10.8. The summed E-state index contributed by atoms with van der Waals surface area (Å²) >= 11 is 0. The number of fused-ring (bicyclic) bond motifs is 5. The molecule has 0 spiro atoms. The van der Waals surface area contributed by atoms with Crippen molar-refractivity contribution >= 4 is 0 Å². The highest BCUT2D eigenvalue weighted by Gasteiger charge is 2.61. The highest BCUT2D eigenvalue weighted by molar-refractivity contribution is 5.10. The van der Waals surface area contributed by atoms with Crippen LogP contribution >= 0.6 is 0 Å². The van der Waals surface area contributed by atoms with Crippen molar-refractivity contribution in [2.75, 3.05) is 13.7 Å². The number of aliphatic hydroxyl groups is 2. The molecule has 0 saturated heterocycles. The van der Waals surface area contributed by atoms with Gasteiger partial charge in [0.2, 0.25) is 0 Å². The van der Waals surface area contributed by atoms with E-state index in [4.69, 9.17) is 4.74 Å². The molecule has 0 heterocycles. The molecule has 4 fully saturated rings. The third kappa shape index (κ3) is 4.44. The molecule has 0 bridgehead atoms. The van der Waals surface area contributed by atoms with Gasteiger partial charge < -0.3 is 14.9 Å². The van der Waals surface area contributed by atoms with E-state index >= 15 is 0 Å².